The average Bonchev–Trinajstić information content (AvgIpc) is 2.54. The number of pyridine rings is 1. The third-order valence-electron chi connectivity index (χ3n) is 3.55. The van der Waals surface area contributed by atoms with Crippen molar-refractivity contribution in [2.75, 3.05) is 14.2 Å². The van der Waals surface area contributed by atoms with E-state index in [9.17, 15) is 14.7 Å². The number of nitrogens with zero attached hydrogens (tertiary/aromatic N) is 1. The second-order valence-electron chi connectivity index (χ2n) is 4.95. The second-order valence-corrected chi connectivity index (χ2v) is 4.95. The summed E-state index contributed by atoms with van der Waals surface area (Å²) in [5, 5.41) is 9.41. The molecule has 0 amide bonds. The Labute approximate surface area is 133 Å². The van der Waals surface area contributed by atoms with Crippen LogP contribution in [-0.4, -0.2) is 36.2 Å². The molecule has 2 aromatic rings. The van der Waals surface area contributed by atoms with Gasteiger partial charge in [-0.05, 0) is 43.7 Å². The molecule has 1 N–H and O–H groups in total. The lowest BCUT2D eigenvalue weighted by Gasteiger charge is -2.15. The van der Waals surface area contributed by atoms with Gasteiger partial charge in [-0.2, -0.15) is 0 Å². The smallest absolute Gasteiger partial charge is 0.340 e. The van der Waals surface area contributed by atoms with Gasteiger partial charge in [0, 0.05) is 5.56 Å². The van der Waals surface area contributed by atoms with Crippen molar-refractivity contribution in [1.29, 1.82) is 0 Å². The van der Waals surface area contributed by atoms with Crippen LogP contribution in [0.1, 0.15) is 32.0 Å². The van der Waals surface area contributed by atoms with E-state index in [0.717, 1.165) is 0 Å². The first-order chi connectivity index (χ1) is 10.9. The molecule has 0 saturated carbocycles. The number of rotatable bonds is 3. The summed E-state index contributed by atoms with van der Waals surface area (Å²) in [6.07, 6.45) is 0. The summed E-state index contributed by atoms with van der Waals surface area (Å²) < 4.78 is 9.59. The Morgan fingerprint density at radius 3 is 2.00 bits per heavy atom. The van der Waals surface area contributed by atoms with Crippen molar-refractivity contribution in [3.05, 3.63) is 46.6 Å². The van der Waals surface area contributed by atoms with Gasteiger partial charge in [0.05, 0.1) is 36.7 Å². The predicted octanol–water partition coefficient (Wildman–Crippen LogP) is 2.64. The molecule has 1 aromatic carbocycles. The Balaban J connectivity index is 2.79. The van der Waals surface area contributed by atoms with Crippen LogP contribution in [0, 0.1) is 13.8 Å². The molecule has 120 valence electrons. The summed E-state index contributed by atoms with van der Waals surface area (Å²) in [6, 6.07) is 6.27. The summed E-state index contributed by atoms with van der Waals surface area (Å²) in [4.78, 5) is 28.6. The first-order valence-corrected chi connectivity index (χ1v) is 6.88. The van der Waals surface area contributed by atoms with E-state index < -0.39 is 11.9 Å². The number of methoxy groups -OCH3 is 2. The highest BCUT2D eigenvalue weighted by Gasteiger charge is 2.25. The Morgan fingerprint density at radius 2 is 1.48 bits per heavy atom. The van der Waals surface area contributed by atoms with Gasteiger partial charge in [0.2, 0.25) is 0 Å². The zero-order chi connectivity index (χ0) is 17.1. The maximum atomic E-state index is 12.2. The van der Waals surface area contributed by atoms with Gasteiger partial charge < -0.3 is 14.6 Å². The lowest BCUT2D eigenvalue weighted by Crippen LogP contribution is -2.16. The lowest BCUT2D eigenvalue weighted by molar-refractivity contribution is 0.0596. The number of aromatic nitrogens is 1. The van der Waals surface area contributed by atoms with E-state index in [4.69, 9.17) is 9.47 Å². The van der Waals surface area contributed by atoms with Gasteiger partial charge in [-0.25, -0.2) is 9.59 Å². The molecule has 0 spiro atoms. The molecule has 0 aliphatic rings. The van der Waals surface area contributed by atoms with Crippen molar-refractivity contribution in [3.63, 3.8) is 0 Å². The maximum Gasteiger partial charge on any atom is 0.340 e. The van der Waals surface area contributed by atoms with Crippen molar-refractivity contribution in [2.45, 2.75) is 13.8 Å². The molecular formula is C17H17NO5. The van der Waals surface area contributed by atoms with E-state index in [1.165, 1.54) is 26.4 Å². The monoisotopic (exact) mass is 315 g/mol. The zero-order valence-corrected chi connectivity index (χ0v) is 13.3. The molecule has 0 aliphatic heterocycles. The maximum absolute atomic E-state index is 12.2. The molecule has 0 aliphatic carbocycles. The van der Waals surface area contributed by atoms with Crippen LogP contribution in [-0.2, 0) is 9.47 Å². The minimum absolute atomic E-state index is 0.105. The van der Waals surface area contributed by atoms with E-state index in [2.05, 4.69) is 4.98 Å². The average molecular weight is 315 g/mol. The number of esters is 2. The molecule has 0 fully saturated rings. The van der Waals surface area contributed by atoms with E-state index in [1.54, 1.807) is 26.0 Å². The number of hydrogen-bond donors (Lipinski definition) is 1. The fourth-order valence-corrected chi connectivity index (χ4v) is 2.44. The summed E-state index contributed by atoms with van der Waals surface area (Å²) >= 11 is 0. The molecule has 6 nitrogen and oxygen atoms in total. The fraction of sp³-hybridized carbons (Fsp3) is 0.235. The van der Waals surface area contributed by atoms with E-state index in [0.29, 0.717) is 22.5 Å². The molecule has 0 atom stereocenters. The van der Waals surface area contributed by atoms with Crippen LogP contribution in [0.25, 0.3) is 11.3 Å². The Morgan fingerprint density at radius 1 is 0.957 bits per heavy atom. The number of carbonyl (C=O) groups is 2. The number of phenolic OH excluding ortho intramolecular Hbond substituents is 1. The summed E-state index contributed by atoms with van der Waals surface area (Å²) in [7, 11) is 2.53. The minimum atomic E-state index is -0.594. The minimum Gasteiger partial charge on any atom is -0.508 e. The van der Waals surface area contributed by atoms with Crippen molar-refractivity contribution in [1.82, 2.24) is 4.98 Å². The van der Waals surface area contributed by atoms with Crippen LogP contribution < -0.4 is 0 Å². The number of aryl methyl sites for hydroxylation is 1. The van der Waals surface area contributed by atoms with Crippen molar-refractivity contribution < 1.29 is 24.2 Å². The Kier molecular flexibility index (Phi) is 4.64. The first-order valence-electron chi connectivity index (χ1n) is 6.88. The van der Waals surface area contributed by atoms with Crippen LogP contribution in [0.15, 0.2) is 24.3 Å². The highest BCUT2D eigenvalue weighted by Crippen LogP contribution is 2.30. The Hall–Kier alpha value is -2.89. The molecule has 0 unspecified atom stereocenters. The summed E-state index contributed by atoms with van der Waals surface area (Å²) in [5.41, 5.74) is 2.36. The van der Waals surface area contributed by atoms with Gasteiger partial charge in [-0.15, -0.1) is 0 Å². The SMILES string of the molecule is COC(=O)c1c(C)nc(-c2ccc(O)cc2)c(C(=O)OC)c1C. The summed E-state index contributed by atoms with van der Waals surface area (Å²) in [6.45, 7) is 3.32. The second kappa shape index (κ2) is 6.48. The fourth-order valence-electron chi connectivity index (χ4n) is 2.44. The van der Waals surface area contributed by atoms with Gasteiger partial charge in [-0.1, -0.05) is 0 Å². The van der Waals surface area contributed by atoms with E-state index in [1.807, 2.05) is 0 Å². The molecule has 6 heteroatoms. The quantitative estimate of drug-likeness (QED) is 0.876. The highest BCUT2D eigenvalue weighted by molar-refractivity contribution is 6.02. The Bertz CT molecular complexity index is 766. The number of carbonyl (C=O) groups excluding carboxylic acids is 2. The number of benzene rings is 1. The number of phenols is 1. The van der Waals surface area contributed by atoms with Gasteiger partial charge in [-0.3, -0.25) is 4.98 Å². The van der Waals surface area contributed by atoms with Crippen LogP contribution >= 0.6 is 0 Å². The van der Waals surface area contributed by atoms with Crippen LogP contribution in [0.3, 0.4) is 0 Å². The number of ether oxygens (including phenoxy) is 2. The third kappa shape index (κ3) is 3.01. The standard InChI is InChI=1S/C17H17NO5/c1-9-13(16(20)22-3)10(2)18-15(14(9)17(21)23-4)11-5-7-12(19)8-6-11/h5-8,19H,1-4H3. The molecule has 0 saturated heterocycles. The molecule has 23 heavy (non-hydrogen) atoms. The van der Waals surface area contributed by atoms with Crippen LogP contribution in [0.2, 0.25) is 0 Å². The van der Waals surface area contributed by atoms with Gasteiger partial charge in [0.15, 0.2) is 0 Å². The first kappa shape index (κ1) is 16.5. The third-order valence-corrected chi connectivity index (χ3v) is 3.55. The molecule has 1 aromatic heterocycles. The van der Waals surface area contributed by atoms with Gasteiger partial charge in [0.1, 0.15) is 5.75 Å². The largest absolute Gasteiger partial charge is 0.508 e. The topological polar surface area (TPSA) is 85.7 Å². The van der Waals surface area contributed by atoms with Gasteiger partial charge >= 0.3 is 11.9 Å². The van der Waals surface area contributed by atoms with Crippen molar-refractivity contribution in [2.24, 2.45) is 0 Å². The van der Waals surface area contributed by atoms with E-state index in [-0.39, 0.29) is 16.9 Å². The molecule has 2 rings (SSSR count). The van der Waals surface area contributed by atoms with Gasteiger partial charge in [0.25, 0.3) is 0 Å². The van der Waals surface area contributed by atoms with Crippen molar-refractivity contribution >= 4 is 11.9 Å². The summed E-state index contributed by atoms with van der Waals surface area (Å²) in [5.74, 6) is -1.05. The number of aromatic hydroxyl groups is 1. The predicted molar refractivity (Wildman–Crippen MR) is 83.5 cm³/mol. The molecule has 1 heterocycles. The lowest BCUT2D eigenvalue weighted by atomic mass is 9.96. The molecule has 0 bridgehead atoms. The highest BCUT2D eigenvalue weighted by atomic mass is 16.5. The molecular weight excluding hydrogens is 298 g/mol. The molecule has 0 radical (unpaired) electrons. The zero-order valence-electron chi connectivity index (χ0n) is 13.3. The van der Waals surface area contributed by atoms with Crippen molar-refractivity contribution in [3.8, 4) is 17.0 Å². The van der Waals surface area contributed by atoms with E-state index >= 15 is 0 Å². The van der Waals surface area contributed by atoms with Crippen LogP contribution in [0.5, 0.6) is 5.75 Å². The normalized spacial score (nSPS) is 10.3. The van der Waals surface area contributed by atoms with Crippen LogP contribution in [0.4, 0.5) is 0 Å². The number of hydrogen-bond acceptors (Lipinski definition) is 6.